The summed E-state index contributed by atoms with van der Waals surface area (Å²) in [5, 5.41) is 7.02. The van der Waals surface area contributed by atoms with Crippen molar-refractivity contribution < 1.29 is 0 Å². The molecular weight excluding hydrogens is 290 g/mol. The molecule has 1 aromatic carbocycles. The van der Waals surface area contributed by atoms with Gasteiger partial charge in [0.2, 0.25) is 0 Å². The molecular formula is C18H25N3S. The molecule has 0 aliphatic carbocycles. The summed E-state index contributed by atoms with van der Waals surface area (Å²) in [5.41, 5.74) is 2.55. The normalized spacial score (nSPS) is 22.8. The van der Waals surface area contributed by atoms with Gasteiger partial charge >= 0.3 is 0 Å². The number of rotatable bonds is 5. The van der Waals surface area contributed by atoms with E-state index in [0.29, 0.717) is 12.1 Å². The van der Waals surface area contributed by atoms with E-state index in [2.05, 4.69) is 64.8 Å². The molecule has 22 heavy (non-hydrogen) atoms. The maximum Gasteiger partial charge on any atom is 0.107 e. The van der Waals surface area contributed by atoms with Crippen molar-refractivity contribution in [2.75, 3.05) is 6.54 Å². The molecule has 3 rings (SSSR count). The van der Waals surface area contributed by atoms with E-state index in [0.717, 1.165) is 18.8 Å². The number of aryl methyl sites for hydroxylation is 1. The molecule has 0 spiro atoms. The van der Waals surface area contributed by atoms with Crippen LogP contribution in [0.25, 0.3) is 0 Å². The van der Waals surface area contributed by atoms with Gasteiger partial charge in [0.1, 0.15) is 5.01 Å². The Hall–Kier alpha value is -1.23. The van der Waals surface area contributed by atoms with Crippen LogP contribution in [0.4, 0.5) is 0 Å². The Bertz CT molecular complexity index is 581. The van der Waals surface area contributed by atoms with E-state index in [1.165, 1.54) is 30.0 Å². The highest BCUT2D eigenvalue weighted by atomic mass is 32.1. The first kappa shape index (κ1) is 15.7. The summed E-state index contributed by atoms with van der Waals surface area (Å²) in [7, 11) is 0. The molecule has 2 heterocycles. The Kier molecular flexibility index (Phi) is 5.24. The Morgan fingerprint density at radius 2 is 2.14 bits per heavy atom. The molecule has 2 aromatic rings. The van der Waals surface area contributed by atoms with Crippen LogP contribution in [0.15, 0.2) is 35.7 Å². The van der Waals surface area contributed by atoms with Gasteiger partial charge in [-0.3, -0.25) is 4.90 Å². The number of benzene rings is 1. The zero-order chi connectivity index (χ0) is 15.4. The van der Waals surface area contributed by atoms with E-state index >= 15 is 0 Å². The van der Waals surface area contributed by atoms with Crippen LogP contribution < -0.4 is 5.32 Å². The summed E-state index contributed by atoms with van der Waals surface area (Å²) >= 11 is 1.76. The van der Waals surface area contributed by atoms with Crippen LogP contribution in [0.1, 0.15) is 36.0 Å². The zero-order valence-electron chi connectivity index (χ0n) is 13.5. The van der Waals surface area contributed by atoms with Crippen molar-refractivity contribution in [2.45, 2.75) is 51.9 Å². The quantitative estimate of drug-likeness (QED) is 0.914. The fraction of sp³-hybridized carbons (Fsp3) is 0.500. The number of nitrogens with one attached hydrogen (secondary N) is 1. The molecule has 3 nitrogen and oxygen atoms in total. The van der Waals surface area contributed by atoms with Gasteiger partial charge < -0.3 is 5.32 Å². The average molecular weight is 315 g/mol. The molecule has 0 unspecified atom stereocenters. The van der Waals surface area contributed by atoms with E-state index in [-0.39, 0.29) is 0 Å². The van der Waals surface area contributed by atoms with Crippen molar-refractivity contribution in [3.63, 3.8) is 0 Å². The zero-order valence-corrected chi connectivity index (χ0v) is 14.3. The number of hydrogen-bond acceptors (Lipinski definition) is 4. The molecule has 118 valence electrons. The molecule has 0 amide bonds. The molecule has 0 bridgehead atoms. The summed E-state index contributed by atoms with van der Waals surface area (Å²) < 4.78 is 0. The van der Waals surface area contributed by atoms with Crippen molar-refractivity contribution in [1.82, 2.24) is 15.2 Å². The maximum absolute atomic E-state index is 4.53. The number of hydrogen-bond donors (Lipinski definition) is 1. The number of aromatic nitrogens is 1. The minimum absolute atomic E-state index is 0.617. The third-order valence-electron chi connectivity index (χ3n) is 4.45. The minimum atomic E-state index is 0.617. The minimum Gasteiger partial charge on any atom is -0.308 e. The van der Waals surface area contributed by atoms with Gasteiger partial charge in [-0.15, -0.1) is 11.3 Å². The van der Waals surface area contributed by atoms with Crippen molar-refractivity contribution in [1.29, 1.82) is 0 Å². The van der Waals surface area contributed by atoms with Gasteiger partial charge in [0.25, 0.3) is 0 Å². The number of piperidine rings is 1. The molecule has 1 N–H and O–H groups in total. The molecule has 1 aromatic heterocycles. The van der Waals surface area contributed by atoms with Crippen LogP contribution in [0.5, 0.6) is 0 Å². The van der Waals surface area contributed by atoms with Gasteiger partial charge in [0, 0.05) is 42.8 Å². The van der Waals surface area contributed by atoms with Crippen molar-refractivity contribution in [3.8, 4) is 0 Å². The summed E-state index contributed by atoms with van der Waals surface area (Å²) in [5.74, 6) is 0. The van der Waals surface area contributed by atoms with E-state index in [4.69, 9.17) is 0 Å². The summed E-state index contributed by atoms with van der Waals surface area (Å²) in [6, 6.07) is 12.0. The third kappa shape index (κ3) is 4.15. The molecule has 2 atom stereocenters. The van der Waals surface area contributed by atoms with Crippen LogP contribution in [0.2, 0.25) is 0 Å². The Morgan fingerprint density at radius 1 is 1.32 bits per heavy atom. The van der Waals surface area contributed by atoms with Gasteiger partial charge in [-0.1, -0.05) is 30.3 Å². The first-order valence-electron chi connectivity index (χ1n) is 8.13. The Morgan fingerprint density at radius 3 is 2.82 bits per heavy atom. The SMILES string of the molecule is Cc1csc(CN[C@@H]2CCN(Cc3ccccc3)[C@H](C)C2)n1. The maximum atomic E-state index is 4.53. The highest BCUT2D eigenvalue weighted by Crippen LogP contribution is 2.20. The second-order valence-corrected chi connectivity index (χ2v) is 7.23. The molecule has 1 saturated heterocycles. The molecule has 0 saturated carbocycles. The molecule has 1 aliphatic rings. The second-order valence-electron chi connectivity index (χ2n) is 6.29. The van der Waals surface area contributed by atoms with Crippen molar-refractivity contribution >= 4 is 11.3 Å². The van der Waals surface area contributed by atoms with Crippen molar-refractivity contribution in [3.05, 3.63) is 52.0 Å². The van der Waals surface area contributed by atoms with E-state index < -0.39 is 0 Å². The predicted molar refractivity (Wildman–Crippen MR) is 93.0 cm³/mol. The molecule has 0 radical (unpaired) electrons. The standard InChI is InChI=1S/C18H25N3S/c1-14-13-22-18(20-14)11-19-17-8-9-21(15(2)10-17)12-16-6-4-3-5-7-16/h3-7,13,15,17,19H,8-12H2,1-2H3/t15-,17-/m1/s1. The van der Waals surface area contributed by atoms with E-state index in [1.807, 2.05) is 0 Å². The van der Waals surface area contributed by atoms with Crippen LogP contribution >= 0.6 is 11.3 Å². The summed E-state index contributed by atoms with van der Waals surface area (Å²) in [6.07, 6.45) is 2.44. The lowest BCUT2D eigenvalue weighted by Gasteiger charge is -2.38. The van der Waals surface area contributed by atoms with Gasteiger partial charge in [-0.05, 0) is 32.3 Å². The molecule has 1 aliphatic heterocycles. The highest BCUT2D eigenvalue weighted by Gasteiger charge is 2.25. The fourth-order valence-electron chi connectivity index (χ4n) is 3.17. The van der Waals surface area contributed by atoms with Crippen LogP contribution in [0, 0.1) is 6.92 Å². The molecule has 1 fully saturated rings. The van der Waals surface area contributed by atoms with Gasteiger partial charge in [0.15, 0.2) is 0 Å². The Balaban J connectivity index is 1.47. The largest absolute Gasteiger partial charge is 0.308 e. The summed E-state index contributed by atoms with van der Waals surface area (Å²) in [6.45, 7) is 7.56. The van der Waals surface area contributed by atoms with Crippen LogP contribution in [-0.4, -0.2) is 28.5 Å². The third-order valence-corrected chi connectivity index (χ3v) is 5.42. The topological polar surface area (TPSA) is 28.2 Å². The second kappa shape index (κ2) is 7.36. The van der Waals surface area contributed by atoms with Gasteiger partial charge in [-0.25, -0.2) is 4.98 Å². The average Bonchev–Trinajstić information content (AvgIpc) is 2.94. The first-order chi connectivity index (χ1) is 10.7. The number of thiazole rings is 1. The summed E-state index contributed by atoms with van der Waals surface area (Å²) in [4.78, 5) is 7.13. The number of nitrogens with zero attached hydrogens (tertiary/aromatic N) is 2. The number of likely N-dealkylation sites (tertiary alicyclic amines) is 1. The van der Waals surface area contributed by atoms with Crippen molar-refractivity contribution in [2.24, 2.45) is 0 Å². The van der Waals surface area contributed by atoms with Gasteiger partial charge in [0.05, 0.1) is 0 Å². The fourth-order valence-corrected chi connectivity index (χ4v) is 3.90. The predicted octanol–water partition coefficient (Wildman–Crippen LogP) is 3.59. The molecule has 4 heteroatoms. The highest BCUT2D eigenvalue weighted by molar-refractivity contribution is 7.09. The lowest BCUT2D eigenvalue weighted by Crippen LogP contribution is -2.46. The van der Waals surface area contributed by atoms with Crippen LogP contribution in [-0.2, 0) is 13.1 Å². The van der Waals surface area contributed by atoms with Gasteiger partial charge in [-0.2, -0.15) is 0 Å². The van der Waals surface area contributed by atoms with Crippen LogP contribution in [0.3, 0.4) is 0 Å². The first-order valence-corrected chi connectivity index (χ1v) is 9.01. The smallest absolute Gasteiger partial charge is 0.107 e. The lowest BCUT2D eigenvalue weighted by molar-refractivity contribution is 0.128. The lowest BCUT2D eigenvalue weighted by atomic mass is 9.97. The van der Waals surface area contributed by atoms with E-state index in [9.17, 15) is 0 Å². The monoisotopic (exact) mass is 315 g/mol. The van der Waals surface area contributed by atoms with E-state index in [1.54, 1.807) is 11.3 Å². The Labute approximate surface area is 137 Å².